The van der Waals surface area contributed by atoms with Gasteiger partial charge in [-0.15, -0.1) is 0 Å². The molecule has 1 aliphatic carbocycles. The number of amides is 3. The maximum atomic E-state index is 14.1. The maximum Gasteiger partial charge on any atom is 0.407 e. The second-order valence-electron chi connectivity index (χ2n) is 10.4. The van der Waals surface area contributed by atoms with E-state index in [1.54, 1.807) is 30.8 Å². The summed E-state index contributed by atoms with van der Waals surface area (Å²) >= 11 is 0. The first kappa shape index (κ1) is 30.4. The van der Waals surface area contributed by atoms with Crippen molar-refractivity contribution in [3.05, 3.63) is 70.4 Å². The van der Waals surface area contributed by atoms with Crippen molar-refractivity contribution in [3.63, 3.8) is 0 Å². The van der Waals surface area contributed by atoms with Crippen LogP contribution in [0, 0.1) is 17.6 Å². The van der Waals surface area contributed by atoms with E-state index in [4.69, 9.17) is 0 Å². The zero-order valence-electron chi connectivity index (χ0n) is 23.7. The number of nitrogens with one attached hydrogen (secondary N) is 2. The molecule has 3 amide bonds. The van der Waals surface area contributed by atoms with Crippen LogP contribution in [0.5, 0.6) is 0 Å². The number of methoxy groups -OCH3 is 1. The van der Waals surface area contributed by atoms with Gasteiger partial charge in [-0.05, 0) is 43.4 Å². The number of ether oxygens (including phenoxy) is 1. The van der Waals surface area contributed by atoms with E-state index in [9.17, 15) is 28.0 Å². The highest BCUT2D eigenvalue weighted by Gasteiger charge is 2.24. The molecule has 13 heteroatoms. The van der Waals surface area contributed by atoms with Gasteiger partial charge in [0.1, 0.15) is 17.6 Å². The van der Waals surface area contributed by atoms with E-state index in [2.05, 4.69) is 20.4 Å². The van der Waals surface area contributed by atoms with Crippen molar-refractivity contribution in [3.8, 4) is 0 Å². The summed E-state index contributed by atoms with van der Waals surface area (Å²) in [4.78, 5) is 55.9. The number of imidazole rings is 1. The molecule has 0 saturated heterocycles. The van der Waals surface area contributed by atoms with Crippen LogP contribution in [0.1, 0.15) is 37.9 Å². The third-order valence-corrected chi connectivity index (χ3v) is 7.03. The number of likely N-dealkylation sites (N-methyl/N-ethyl adjacent to an activating group) is 1. The summed E-state index contributed by atoms with van der Waals surface area (Å²) in [5.74, 6) is -1.82. The van der Waals surface area contributed by atoms with Crippen LogP contribution in [0.4, 0.5) is 19.3 Å². The zero-order valence-corrected chi connectivity index (χ0v) is 23.7. The average Bonchev–Trinajstić information content (AvgIpc) is 3.73. The number of halogens is 2. The Balaban J connectivity index is 1.53. The van der Waals surface area contributed by atoms with Gasteiger partial charge in [-0.3, -0.25) is 14.4 Å². The number of rotatable bonds is 12. The number of anilines is 1. The van der Waals surface area contributed by atoms with E-state index >= 15 is 0 Å². The number of hydrogen-bond donors (Lipinski definition) is 2. The largest absolute Gasteiger partial charge is 0.453 e. The molecule has 1 aromatic carbocycles. The Hall–Kier alpha value is -4.55. The fourth-order valence-electron chi connectivity index (χ4n) is 4.45. The number of carbonyl (C=O) groups is 3. The van der Waals surface area contributed by atoms with Crippen LogP contribution in [0.3, 0.4) is 0 Å². The van der Waals surface area contributed by atoms with E-state index in [0.717, 1.165) is 38.5 Å². The minimum Gasteiger partial charge on any atom is -0.453 e. The van der Waals surface area contributed by atoms with Gasteiger partial charge in [0.25, 0.3) is 5.56 Å². The Morgan fingerprint density at radius 2 is 1.95 bits per heavy atom. The highest BCUT2D eigenvalue weighted by molar-refractivity contribution is 5.96. The standard InChI is InChI=1S/C29H34F2N6O5/c1-35(2)26(38)9-5-4-7-21(34-29(41)42-3)27(39)33-22-8-6-13-36(28(22)40)17-25-32-23-15-19(30)20(31)16-24(23)37(25)14-12-18-10-11-18/h5-6,8-9,13,15-16,18,21H,4,7,10-12,14,17H2,1-3H3,(H,33,39)(H,34,41)/b9-5+/t21-/m0/s1. The van der Waals surface area contributed by atoms with Gasteiger partial charge in [-0.25, -0.2) is 18.6 Å². The topological polar surface area (TPSA) is 128 Å². The van der Waals surface area contributed by atoms with Crippen LogP contribution in [0.25, 0.3) is 11.0 Å². The fraction of sp³-hybridized carbons (Fsp3) is 0.414. The molecule has 1 aliphatic rings. The molecule has 42 heavy (non-hydrogen) atoms. The Morgan fingerprint density at radius 1 is 1.21 bits per heavy atom. The normalized spacial score (nSPS) is 13.7. The Bertz CT molecular complexity index is 1560. The van der Waals surface area contributed by atoms with Gasteiger partial charge in [-0.1, -0.05) is 18.9 Å². The number of benzene rings is 1. The Labute approximate surface area is 241 Å². The predicted molar refractivity (Wildman–Crippen MR) is 152 cm³/mol. The number of fused-ring (bicyclic) bond motifs is 1. The molecule has 2 heterocycles. The quantitative estimate of drug-likeness (QED) is 0.314. The first-order chi connectivity index (χ1) is 20.1. The van der Waals surface area contributed by atoms with Crippen LogP contribution in [0.15, 0.2) is 47.4 Å². The number of hydrogen-bond acceptors (Lipinski definition) is 6. The lowest BCUT2D eigenvalue weighted by Crippen LogP contribution is -2.44. The summed E-state index contributed by atoms with van der Waals surface area (Å²) < 4.78 is 35.8. The van der Waals surface area contributed by atoms with Gasteiger partial charge in [0, 0.05) is 39.0 Å². The lowest BCUT2D eigenvalue weighted by atomic mass is 10.1. The number of aryl methyl sites for hydroxylation is 1. The molecule has 2 N–H and O–H groups in total. The Kier molecular flexibility index (Phi) is 9.71. The van der Waals surface area contributed by atoms with Crippen molar-refractivity contribution < 1.29 is 27.9 Å². The van der Waals surface area contributed by atoms with Gasteiger partial charge < -0.3 is 29.4 Å². The monoisotopic (exact) mass is 584 g/mol. The van der Waals surface area contributed by atoms with E-state index in [-0.39, 0.29) is 30.1 Å². The summed E-state index contributed by atoms with van der Waals surface area (Å²) in [6.07, 6.45) is 7.19. The van der Waals surface area contributed by atoms with Crippen molar-refractivity contribution in [1.29, 1.82) is 0 Å². The van der Waals surface area contributed by atoms with Crippen LogP contribution < -0.4 is 16.2 Å². The molecule has 0 spiro atoms. The first-order valence-electron chi connectivity index (χ1n) is 13.6. The van der Waals surface area contributed by atoms with E-state index in [1.807, 2.05) is 0 Å². The number of carbonyl (C=O) groups excluding carboxylic acids is 3. The molecular formula is C29H34F2N6O5. The van der Waals surface area contributed by atoms with Gasteiger partial charge >= 0.3 is 6.09 Å². The smallest absolute Gasteiger partial charge is 0.407 e. The van der Waals surface area contributed by atoms with Gasteiger partial charge in [0.05, 0.1) is 24.7 Å². The van der Waals surface area contributed by atoms with E-state index in [1.165, 1.54) is 27.8 Å². The first-order valence-corrected chi connectivity index (χ1v) is 13.6. The summed E-state index contributed by atoms with van der Waals surface area (Å²) in [6, 6.07) is 4.12. The summed E-state index contributed by atoms with van der Waals surface area (Å²) in [7, 11) is 4.38. The van der Waals surface area contributed by atoms with Gasteiger partial charge in [-0.2, -0.15) is 0 Å². The predicted octanol–water partition coefficient (Wildman–Crippen LogP) is 3.41. The number of pyridine rings is 1. The van der Waals surface area contributed by atoms with Crippen molar-refractivity contribution in [2.75, 3.05) is 26.5 Å². The van der Waals surface area contributed by atoms with Crippen molar-refractivity contribution in [1.82, 2.24) is 24.3 Å². The third-order valence-electron chi connectivity index (χ3n) is 7.03. The molecule has 224 valence electrons. The van der Waals surface area contributed by atoms with Crippen LogP contribution in [-0.2, 0) is 27.4 Å². The molecule has 4 rings (SSSR count). The number of aromatic nitrogens is 3. The maximum absolute atomic E-state index is 14.1. The average molecular weight is 585 g/mol. The summed E-state index contributed by atoms with van der Waals surface area (Å²) in [6.45, 7) is 0.544. The molecule has 1 atom stereocenters. The van der Waals surface area contributed by atoms with Gasteiger partial charge in [0.2, 0.25) is 11.8 Å². The fourth-order valence-corrected chi connectivity index (χ4v) is 4.45. The minimum atomic E-state index is -1.05. The van der Waals surface area contributed by atoms with E-state index in [0.29, 0.717) is 30.2 Å². The second-order valence-corrected chi connectivity index (χ2v) is 10.4. The van der Waals surface area contributed by atoms with Crippen molar-refractivity contribution in [2.24, 2.45) is 5.92 Å². The molecule has 2 aromatic heterocycles. The third kappa shape index (κ3) is 7.59. The SMILES string of the molecule is COC(=O)N[C@@H](CC/C=C/C(=O)N(C)C)C(=O)Nc1cccn(Cc2nc3cc(F)c(F)cc3n2CCC2CC2)c1=O. The molecule has 3 aromatic rings. The molecule has 0 bridgehead atoms. The highest BCUT2D eigenvalue weighted by Crippen LogP contribution is 2.33. The molecular weight excluding hydrogens is 550 g/mol. The van der Waals surface area contributed by atoms with Crippen molar-refractivity contribution >= 4 is 34.6 Å². The lowest BCUT2D eigenvalue weighted by Gasteiger charge is -2.17. The summed E-state index contributed by atoms with van der Waals surface area (Å²) in [5.41, 5.74) is 0.169. The van der Waals surface area contributed by atoms with Crippen LogP contribution in [-0.4, -0.2) is 64.2 Å². The van der Waals surface area contributed by atoms with E-state index < -0.39 is 35.2 Å². The molecule has 0 unspecified atom stereocenters. The zero-order chi connectivity index (χ0) is 30.4. The van der Waals surface area contributed by atoms with Gasteiger partial charge in [0.15, 0.2) is 11.6 Å². The molecule has 1 fully saturated rings. The number of allylic oxidation sites excluding steroid dienone is 1. The molecule has 0 radical (unpaired) electrons. The number of alkyl carbamates (subject to hydrolysis) is 1. The highest BCUT2D eigenvalue weighted by atomic mass is 19.2. The second kappa shape index (κ2) is 13.4. The molecule has 11 nitrogen and oxygen atoms in total. The van der Waals surface area contributed by atoms with Crippen LogP contribution in [0.2, 0.25) is 0 Å². The van der Waals surface area contributed by atoms with Crippen LogP contribution >= 0.6 is 0 Å². The number of nitrogens with zero attached hydrogens (tertiary/aromatic N) is 4. The Morgan fingerprint density at radius 3 is 2.64 bits per heavy atom. The molecule has 0 aliphatic heterocycles. The summed E-state index contributed by atoms with van der Waals surface area (Å²) in [5, 5.41) is 5.02. The lowest BCUT2D eigenvalue weighted by molar-refractivity contribution is -0.123. The molecule has 1 saturated carbocycles. The minimum absolute atomic E-state index is 0.000331. The van der Waals surface area contributed by atoms with Crippen molar-refractivity contribution in [2.45, 2.75) is 51.2 Å².